The van der Waals surface area contributed by atoms with Gasteiger partial charge in [-0.3, -0.25) is 4.98 Å². The van der Waals surface area contributed by atoms with Crippen molar-refractivity contribution in [1.82, 2.24) is 9.97 Å². The molecule has 0 amide bonds. The molecule has 1 heterocycles. The van der Waals surface area contributed by atoms with Crippen molar-refractivity contribution in [3.63, 3.8) is 0 Å². The summed E-state index contributed by atoms with van der Waals surface area (Å²) < 4.78 is 37.6. The van der Waals surface area contributed by atoms with Crippen molar-refractivity contribution < 1.29 is 12.8 Å². The zero-order valence-corrected chi connectivity index (χ0v) is 15.7. The first-order valence-electron chi connectivity index (χ1n) is 8.30. The molecule has 0 radical (unpaired) electrons. The summed E-state index contributed by atoms with van der Waals surface area (Å²) >= 11 is 0. The molecule has 6 heteroatoms. The van der Waals surface area contributed by atoms with Crippen molar-refractivity contribution in [1.29, 1.82) is 0 Å². The van der Waals surface area contributed by atoms with Gasteiger partial charge in [-0.1, -0.05) is 24.1 Å². The van der Waals surface area contributed by atoms with E-state index < -0.39 is 15.1 Å². The van der Waals surface area contributed by atoms with Crippen LogP contribution in [0.1, 0.15) is 25.1 Å². The maximum atomic E-state index is 13.2. The van der Waals surface area contributed by atoms with E-state index >= 15 is 0 Å². The van der Waals surface area contributed by atoms with E-state index in [9.17, 15) is 12.8 Å². The Kier molecular flexibility index (Phi) is 5.33. The molecule has 0 saturated heterocycles. The van der Waals surface area contributed by atoms with Gasteiger partial charge in [-0.15, -0.1) is 0 Å². The Labute approximate surface area is 158 Å². The fourth-order valence-corrected chi connectivity index (χ4v) is 3.42. The molecular weight excluding hydrogens is 363 g/mol. The smallest absolute Gasteiger partial charge is 0.180 e. The molecule has 0 aliphatic rings. The molecule has 0 N–H and O–H groups in total. The fraction of sp³-hybridized carbons (Fsp3) is 0.143. The van der Waals surface area contributed by atoms with Gasteiger partial charge in [0.2, 0.25) is 0 Å². The summed E-state index contributed by atoms with van der Waals surface area (Å²) in [5.74, 6) is 5.36. The van der Waals surface area contributed by atoms with E-state index in [1.807, 2.05) is 0 Å². The zero-order valence-electron chi connectivity index (χ0n) is 14.8. The van der Waals surface area contributed by atoms with E-state index in [1.165, 1.54) is 18.3 Å². The van der Waals surface area contributed by atoms with Gasteiger partial charge >= 0.3 is 0 Å². The predicted octanol–water partition coefficient (Wildman–Crippen LogP) is 3.86. The highest BCUT2D eigenvalue weighted by molar-refractivity contribution is 7.92. The lowest BCUT2D eigenvalue weighted by atomic mass is 10.1. The Morgan fingerprint density at radius 2 is 1.74 bits per heavy atom. The Balaban J connectivity index is 1.88. The lowest BCUT2D eigenvalue weighted by Gasteiger charge is -2.08. The van der Waals surface area contributed by atoms with Crippen LogP contribution in [0.5, 0.6) is 0 Å². The Morgan fingerprint density at radius 1 is 1.00 bits per heavy atom. The normalized spacial score (nSPS) is 11.1. The number of rotatable bonds is 3. The van der Waals surface area contributed by atoms with Crippen LogP contribution in [0.2, 0.25) is 0 Å². The van der Waals surface area contributed by atoms with E-state index in [-0.39, 0.29) is 10.7 Å². The molecule has 3 aromatic rings. The molecule has 4 nitrogen and oxygen atoms in total. The average Bonchev–Trinajstić information content (AvgIpc) is 2.67. The van der Waals surface area contributed by atoms with E-state index in [0.717, 1.165) is 5.56 Å². The lowest BCUT2D eigenvalue weighted by molar-refractivity contribution is 0.587. The van der Waals surface area contributed by atoms with Gasteiger partial charge in [-0.2, -0.15) is 0 Å². The van der Waals surface area contributed by atoms with Gasteiger partial charge in [-0.25, -0.2) is 17.8 Å². The molecule has 0 atom stereocenters. The van der Waals surface area contributed by atoms with E-state index in [2.05, 4.69) is 21.8 Å². The molecule has 0 saturated carbocycles. The summed E-state index contributed by atoms with van der Waals surface area (Å²) in [4.78, 5) is 8.84. The van der Waals surface area contributed by atoms with Gasteiger partial charge in [0.15, 0.2) is 9.84 Å². The summed E-state index contributed by atoms with van der Waals surface area (Å²) in [6, 6.07) is 12.5. The third kappa shape index (κ3) is 4.39. The minimum absolute atomic E-state index is 0.274. The predicted molar refractivity (Wildman–Crippen MR) is 102 cm³/mol. The van der Waals surface area contributed by atoms with Gasteiger partial charge in [0.1, 0.15) is 11.5 Å². The number of hydrogen-bond acceptors (Lipinski definition) is 4. The summed E-state index contributed by atoms with van der Waals surface area (Å²) in [6.45, 7) is 3.30. The first kappa shape index (κ1) is 18.7. The molecular formula is C21H17FN2O2S. The maximum Gasteiger partial charge on any atom is 0.180 e. The van der Waals surface area contributed by atoms with Crippen molar-refractivity contribution >= 4 is 9.84 Å². The first-order valence-corrected chi connectivity index (χ1v) is 9.85. The molecule has 136 valence electrons. The van der Waals surface area contributed by atoms with Crippen molar-refractivity contribution in [2.24, 2.45) is 0 Å². The van der Waals surface area contributed by atoms with Crippen LogP contribution in [-0.2, 0) is 9.84 Å². The Hall–Kier alpha value is -3.04. The van der Waals surface area contributed by atoms with Crippen LogP contribution >= 0.6 is 0 Å². The second kappa shape index (κ2) is 7.68. The summed E-state index contributed by atoms with van der Waals surface area (Å²) in [6.07, 6.45) is 3.10. The highest BCUT2D eigenvalue weighted by Crippen LogP contribution is 2.21. The van der Waals surface area contributed by atoms with Crippen molar-refractivity contribution in [3.8, 4) is 23.1 Å². The average molecular weight is 380 g/mol. The maximum absolute atomic E-state index is 13.2. The number of aromatic nitrogens is 2. The molecule has 2 aromatic carbocycles. The van der Waals surface area contributed by atoms with Crippen molar-refractivity contribution in [3.05, 3.63) is 78.0 Å². The van der Waals surface area contributed by atoms with E-state index in [1.54, 1.807) is 56.4 Å². The van der Waals surface area contributed by atoms with Crippen LogP contribution in [-0.4, -0.2) is 23.6 Å². The van der Waals surface area contributed by atoms with Crippen LogP contribution in [0, 0.1) is 17.7 Å². The topological polar surface area (TPSA) is 59.9 Å². The van der Waals surface area contributed by atoms with Crippen molar-refractivity contribution in [2.75, 3.05) is 0 Å². The second-order valence-corrected chi connectivity index (χ2v) is 8.67. The van der Waals surface area contributed by atoms with Crippen LogP contribution in [0.4, 0.5) is 4.39 Å². The Morgan fingerprint density at radius 3 is 2.41 bits per heavy atom. The second-order valence-electron chi connectivity index (χ2n) is 6.17. The molecule has 27 heavy (non-hydrogen) atoms. The SMILES string of the molecule is CC(C)S(=O)(=O)c1ccc(-c2cncc(C#Cc3cccc(F)c3)n2)cc1. The van der Waals surface area contributed by atoms with Gasteiger partial charge in [-0.05, 0) is 50.1 Å². The van der Waals surface area contributed by atoms with Gasteiger partial charge in [0, 0.05) is 11.1 Å². The lowest BCUT2D eigenvalue weighted by Crippen LogP contribution is -2.13. The van der Waals surface area contributed by atoms with E-state index in [4.69, 9.17) is 0 Å². The summed E-state index contributed by atoms with van der Waals surface area (Å²) in [7, 11) is -3.32. The standard InChI is InChI=1S/C21H17FN2O2S/c1-15(2)27(25,26)20-10-7-17(8-11-20)21-14-23-13-19(24-21)9-6-16-4-3-5-18(22)12-16/h3-5,7-8,10-15H,1-2H3. The van der Waals surface area contributed by atoms with Crippen LogP contribution in [0.25, 0.3) is 11.3 Å². The van der Waals surface area contributed by atoms with E-state index in [0.29, 0.717) is 17.0 Å². The number of hydrogen-bond donors (Lipinski definition) is 0. The number of nitrogens with zero attached hydrogens (tertiary/aromatic N) is 2. The minimum Gasteiger partial charge on any atom is -0.259 e. The third-order valence-corrected chi connectivity index (χ3v) is 6.06. The van der Waals surface area contributed by atoms with Gasteiger partial charge < -0.3 is 0 Å². The first-order chi connectivity index (χ1) is 12.9. The number of halogens is 1. The van der Waals surface area contributed by atoms with Gasteiger partial charge in [0.05, 0.1) is 28.2 Å². The third-order valence-electron chi connectivity index (χ3n) is 3.89. The van der Waals surface area contributed by atoms with Crippen molar-refractivity contribution in [2.45, 2.75) is 24.0 Å². The molecule has 0 spiro atoms. The monoisotopic (exact) mass is 380 g/mol. The summed E-state index contributed by atoms with van der Waals surface area (Å²) in [5, 5.41) is -0.482. The molecule has 0 aliphatic carbocycles. The molecule has 0 fully saturated rings. The highest BCUT2D eigenvalue weighted by Gasteiger charge is 2.18. The number of benzene rings is 2. The van der Waals surface area contributed by atoms with Gasteiger partial charge in [0.25, 0.3) is 0 Å². The van der Waals surface area contributed by atoms with Crippen LogP contribution in [0.3, 0.4) is 0 Å². The molecule has 0 bridgehead atoms. The quantitative estimate of drug-likeness (QED) is 0.648. The summed E-state index contributed by atoms with van der Waals surface area (Å²) in [5.41, 5.74) is 2.30. The molecule has 1 aromatic heterocycles. The molecule has 0 aliphatic heterocycles. The zero-order chi connectivity index (χ0) is 19.4. The number of sulfone groups is 1. The minimum atomic E-state index is -3.32. The molecule has 3 rings (SSSR count). The fourth-order valence-electron chi connectivity index (χ4n) is 2.36. The highest BCUT2D eigenvalue weighted by atomic mass is 32.2. The Bertz CT molecular complexity index is 1130. The van der Waals surface area contributed by atoms with Crippen LogP contribution in [0.15, 0.2) is 65.8 Å². The van der Waals surface area contributed by atoms with Crippen LogP contribution < -0.4 is 0 Å². The largest absolute Gasteiger partial charge is 0.259 e. The molecule has 0 unspecified atom stereocenters.